The summed E-state index contributed by atoms with van der Waals surface area (Å²) in [6, 6.07) is 4.19. The maximum Gasteiger partial charge on any atom is 0.337 e. The molecule has 0 saturated carbocycles. The van der Waals surface area contributed by atoms with Gasteiger partial charge in [-0.05, 0) is 43.9 Å². The zero-order chi connectivity index (χ0) is 15.6. The molecule has 2 atom stereocenters. The van der Waals surface area contributed by atoms with Gasteiger partial charge in [0.2, 0.25) is 0 Å². The monoisotopic (exact) mass is 310 g/mol. The number of anilines is 1. The number of nitrogens with one attached hydrogen (secondary N) is 1. The minimum absolute atomic E-state index is 0.0328. The molecule has 2 unspecified atom stereocenters. The Kier molecular flexibility index (Phi) is 4.73. The molecular formula is C15H19ClN2O3. The summed E-state index contributed by atoms with van der Waals surface area (Å²) in [5.41, 5.74) is 0.260. The molecule has 1 fully saturated rings. The number of amides is 2. The molecule has 21 heavy (non-hydrogen) atoms. The largest absolute Gasteiger partial charge is 0.478 e. The molecule has 2 N–H and O–H groups in total. The number of nitrogens with zero attached hydrogens (tertiary/aromatic N) is 1. The van der Waals surface area contributed by atoms with Gasteiger partial charge in [-0.15, -0.1) is 0 Å². The van der Waals surface area contributed by atoms with Crippen LogP contribution in [0.25, 0.3) is 0 Å². The Morgan fingerprint density at radius 1 is 1.38 bits per heavy atom. The van der Waals surface area contributed by atoms with Gasteiger partial charge in [-0.2, -0.15) is 0 Å². The first-order chi connectivity index (χ1) is 9.90. The van der Waals surface area contributed by atoms with Crippen LogP contribution < -0.4 is 5.32 Å². The average Bonchev–Trinajstić information content (AvgIpc) is 2.41. The third-order valence-corrected chi connectivity index (χ3v) is 4.32. The summed E-state index contributed by atoms with van der Waals surface area (Å²) in [6.45, 7) is 4.81. The molecule has 0 aromatic heterocycles. The maximum atomic E-state index is 12.4. The molecule has 2 rings (SSSR count). The van der Waals surface area contributed by atoms with Crippen LogP contribution in [0.3, 0.4) is 0 Å². The molecule has 1 saturated heterocycles. The molecule has 1 aliphatic heterocycles. The molecule has 1 aliphatic rings. The number of hydrogen-bond donors (Lipinski definition) is 2. The number of carboxylic acids is 1. The molecule has 5 nitrogen and oxygen atoms in total. The molecule has 1 heterocycles. The van der Waals surface area contributed by atoms with E-state index in [0.29, 0.717) is 17.5 Å². The molecule has 0 aliphatic carbocycles. The lowest BCUT2D eigenvalue weighted by Gasteiger charge is -2.37. The van der Waals surface area contributed by atoms with E-state index in [0.717, 1.165) is 12.8 Å². The first-order valence-electron chi connectivity index (χ1n) is 7.00. The Bertz CT molecular complexity index is 562. The minimum Gasteiger partial charge on any atom is -0.478 e. The summed E-state index contributed by atoms with van der Waals surface area (Å²) in [5, 5.41) is 12.2. The van der Waals surface area contributed by atoms with Crippen LogP contribution in [0, 0.1) is 5.92 Å². The number of hydrogen-bond acceptors (Lipinski definition) is 2. The Labute approximate surface area is 128 Å². The fourth-order valence-electron chi connectivity index (χ4n) is 2.62. The van der Waals surface area contributed by atoms with E-state index in [1.54, 1.807) is 4.90 Å². The van der Waals surface area contributed by atoms with Gasteiger partial charge in [0.05, 0.1) is 11.3 Å². The fraction of sp³-hybridized carbons (Fsp3) is 0.467. The van der Waals surface area contributed by atoms with Crippen molar-refractivity contribution in [3.05, 3.63) is 28.8 Å². The number of likely N-dealkylation sites (tertiary alicyclic amines) is 1. The molecule has 6 heteroatoms. The standard InChI is InChI=1S/C15H19ClN2O3/c1-9-4-3-7-18(10(9)2)15(21)17-13-8-11(16)5-6-12(13)14(19)20/h5-6,8-10H,3-4,7H2,1-2H3,(H,17,21)(H,19,20). The SMILES string of the molecule is CC1CCCN(C(=O)Nc2cc(Cl)ccc2C(=O)O)C1C. The lowest BCUT2D eigenvalue weighted by atomic mass is 9.92. The summed E-state index contributed by atoms with van der Waals surface area (Å²) in [4.78, 5) is 25.3. The Balaban J connectivity index is 2.19. The third-order valence-electron chi connectivity index (χ3n) is 4.09. The highest BCUT2D eigenvalue weighted by atomic mass is 35.5. The molecule has 114 valence electrons. The number of carboxylic acid groups (broad SMARTS) is 1. The van der Waals surface area contributed by atoms with Crippen LogP contribution >= 0.6 is 11.6 Å². The van der Waals surface area contributed by atoms with Crippen molar-refractivity contribution in [1.29, 1.82) is 0 Å². The minimum atomic E-state index is -1.10. The Morgan fingerprint density at radius 3 is 2.76 bits per heavy atom. The van der Waals surface area contributed by atoms with Crippen LogP contribution in [-0.2, 0) is 0 Å². The summed E-state index contributed by atoms with van der Waals surface area (Å²) in [5.74, 6) is -0.662. The third kappa shape index (κ3) is 3.47. The van der Waals surface area contributed by atoms with E-state index >= 15 is 0 Å². The van der Waals surface area contributed by atoms with Gasteiger partial charge >= 0.3 is 12.0 Å². The van der Waals surface area contributed by atoms with Crippen molar-refractivity contribution in [2.24, 2.45) is 5.92 Å². The van der Waals surface area contributed by atoms with Crippen molar-refractivity contribution >= 4 is 29.3 Å². The summed E-state index contributed by atoms with van der Waals surface area (Å²) < 4.78 is 0. The normalized spacial score (nSPS) is 22.0. The molecule has 0 spiro atoms. The Morgan fingerprint density at radius 2 is 2.10 bits per heavy atom. The van der Waals surface area contributed by atoms with Crippen molar-refractivity contribution in [1.82, 2.24) is 4.90 Å². The van der Waals surface area contributed by atoms with Crippen molar-refractivity contribution in [3.8, 4) is 0 Å². The quantitative estimate of drug-likeness (QED) is 0.875. The zero-order valence-electron chi connectivity index (χ0n) is 12.1. The fourth-order valence-corrected chi connectivity index (χ4v) is 2.79. The first-order valence-corrected chi connectivity index (χ1v) is 7.38. The van der Waals surface area contributed by atoms with Crippen LogP contribution in [0.2, 0.25) is 5.02 Å². The highest BCUT2D eigenvalue weighted by Crippen LogP contribution is 2.25. The van der Waals surface area contributed by atoms with Crippen molar-refractivity contribution in [2.75, 3.05) is 11.9 Å². The van der Waals surface area contributed by atoms with Gasteiger partial charge in [-0.25, -0.2) is 9.59 Å². The highest BCUT2D eigenvalue weighted by Gasteiger charge is 2.29. The molecule has 1 aromatic rings. The van der Waals surface area contributed by atoms with Gasteiger partial charge in [0.15, 0.2) is 0 Å². The van der Waals surface area contributed by atoms with E-state index in [2.05, 4.69) is 12.2 Å². The van der Waals surface area contributed by atoms with Crippen LogP contribution in [0.4, 0.5) is 10.5 Å². The second kappa shape index (κ2) is 6.35. The van der Waals surface area contributed by atoms with E-state index in [9.17, 15) is 9.59 Å². The predicted octanol–water partition coefficient (Wildman–Crippen LogP) is 3.69. The maximum absolute atomic E-state index is 12.4. The lowest BCUT2D eigenvalue weighted by Crippen LogP contribution is -2.48. The van der Waals surface area contributed by atoms with Crippen LogP contribution in [0.15, 0.2) is 18.2 Å². The van der Waals surface area contributed by atoms with Crippen LogP contribution in [0.5, 0.6) is 0 Å². The number of piperidine rings is 1. The van der Waals surface area contributed by atoms with Gasteiger partial charge in [-0.1, -0.05) is 18.5 Å². The smallest absolute Gasteiger partial charge is 0.337 e. The number of aromatic carboxylic acids is 1. The van der Waals surface area contributed by atoms with Gasteiger partial charge in [0.25, 0.3) is 0 Å². The van der Waals surface area contributed by atoms with Crippen LogP contribution in [-0.4, -0.2) is 34.6 Å². The topological polar surface area (TPSA) is 69.6 Å². The van der Waals surface area contributed by atoms with Crippen molar-refractivity contribution in [3.63, 3.8) is 0 Å². The number of carbonyl (C=O) groups excluding carboxylic acids is 1. The van der Waals surface area contributed by atoms with Gasteiger partial charge in [0.1, 0.15) is 0 Å². The van der Waals surface area contributed by atoms with E-state index in [1.807, 2.05) is 6.92 Å². The second-order valence-electron chi connectivity index (χ2n) is 5.48. The summed E-state index contributed by atoms with van der Waals surface area (Å²) in [6.07, 6.45) is 2.06. The van der Waals surface area contributed by atoms with E-state index < -0.39 is 5.97 Å². The number of benzene rings is 1. The molecule has 0 bridgehead atoms. The number of urea groups is 1. The van der Waals surface area contributed by atoms with E-state index in [-0.39, 0.29) is 23.3 Å². The highest BCUT2D eigenvalue weighted by molar-refractivity contribution is 6.31. The van der Waals surface area contributed by atoms with Gasteiger partial charge in [-0.3, -0.25) is 0 Å². The second-order valence-corrected chi connectivity index (χ2v) is 5.92. The Hall–Kier alpha value is -1.75. The molecule has 2 amide bonds. The first kappa shape index (κ1) is 15.6. The van der Waals surface area contributed by atoms with Crippen LogP contribution in [0.1, 0.15) is 37.0 Å². The lowest BCUT2D eigenvalue weighted by molar-refractivity contribution is 0.0698. The predicted molar refractivity (Wildman–Crippen MR) is 82.0 cm³/mol. The molecule has 1 aromatic carbocycles. The van der Waals surface area contributed by atoms with Gasteiger partial charge < -0.3 is 15.3 Å². The van der Waals surface area contributed by atoms with E-state index in [1.165, 1.54) is 18.2 Å². The van der Waals surface area contributed by atoms with Gasteiger partial charge in [0, 0.05) is 17.6 Å². The molecule has 0 radical (unpaired) electrons. The molecular weight excluding hydrogens is 292 g/mol. The average molecular weight is 311 g/mol. The number of rotatable bonds is 2. The summed E-state index contributed by atoms with van der Waals surface area (Å²) in [7, 11) is 0. The van der Waals surface area contributed by atoms with Crippen molar-refractivity contribution < 1.29 is 14.7 Å². The number of halogens is 1. The zero-order valence-corrected chi connectivity index (χ0v) is 12.9. The van der Waals surface area contributed by atoms with E-state index in [4.69, 9.17) is 16.7 Å². The number of carbonyl (C=O) groups is 2. The summed E-state index contributed by atoms with van der Waals surface area (Å²) >= 11 is 5.88. The van der Waals surface area contributed by atoms with Crippen molar-refractivity contribution in [2.45, 2.75) is 32.7 Å².